The summed E-state index contributed by atoms with van der Waals surface area (Å²) < 4.78 is 20.9. The summed E-state index contributed by atoms with van der Waals surface area (Å²) in [4.78, 5) is 0. The first kappa shape index (κ1) is 13.0. The second kappa shape index (κ2) is 5.07. The number of nitrogens with zero attached hydrogens (tertiary/aromatic N) is 2. The van der Waals surface area contributed by atoms with Crippen molar-refractivity contribution >= 4 is 15.9 Å². The van der Waals surface area contributed by atoms with Crippen molar-refractivity contribution in [2.75, 3.05) is 7.11 Å². The molecule has 0 fully saturated rings. The van der Waals surface area contributed by atoms with Gasteiger partial charge in [0.2, 0.25) is 0 Å². The molecule has 0 radical (unpaired) electrons. The van der Waals surface area contributed by atoms with Crippen LogP contribution in [0.3, 0.4) is 0 Å². The van der Waals surface area contributed by atoms with Gasteiger partial charge in [-0.3, -0.25) is 4.68 Å². The van der Waals surface area contributed by atoms with Crippen LogP contribution in [0, 0.1) is 5.82 Å². The first-order valence-electron chi connectivity index (χ1n) is 5.31. The molecule has 0 amide bonds. The minimum Gasteiger partial charge on any atom is -0.493 e. The van der Waals surface area contributed by atoms with Crippen LogP contribution in [0.1, 0.15) is 17.3 Å². The topological polar surface area (TPSA) is 53.1 Å². The van der Waals surface area contributed by atoms with Crippen LogP contribution in [0.2, 0.25) is 0 Å². The molecule has 2 N–H and O–H groups in total. The van der Waals surface area contributed by atoms with Crippen molar-refractivity contribution in [1.82, 2.24) is 9.78 Å². The predicted octanol–water partition coefficient (Wildman–Crippen LogP) is 2.38. The number of hydrogen-bond donors (Lipinski definition) is 1. The molecule has 4 nitrogen and oxygen atoms in total. The van der Waals surface area contributed by atoms with Gasteiger partial charge in [0, 0.05) is 11.5 Å². The molecule has 96 valence electrons. The highest BCUT2D eigenvalue weighted by Gasteiger charge is 2.21. The van der Waals surface area contributed by atoms with Crippen LogP contribution in [0.5, 0.6) is 5.75 Å². The van der Waals surface area contributed by atoms with Gasteiger partial charge in [0.15, 0.2) is 5.75 Å². The number of ether oxygens (including phenoxy) is 1. The number of hydrogen-bond acceptors (Lipinski definition) is 3. The van der Waals surface area contributed by atoms with E-state index in [1.165, 1.54) is 12.1 Å². The number of rotatable bonds is 3. The Labute approximate surface area is 113 Å². The van der Waals surface area contributed by atoms with Crippen molar-refractivity contribution < 1.29 is 9.13 Å². The maximum absolute atomic E-state index is 13.3. The third-order valence-corrected chi connectivity index (χ3v) is 3.48. The molecule has 0 aliphatic carbocycles. The number of benzene rings is 1. The van der Waals surface area contributed by atoms with Gasteiger partial charge in [-0.25, -0.2) is 4.39 Å². The van der Waals surface area contributed by atoms with E-state index in [9.17, 15) is 4.39 Å². The van der Waals surface area contributed by atoms with E-state index in [1.54, 1.807) is 31.1 Å². The maximum Gasteiger partial charge on any atom is 0.161 e. The molecule has 18 heavy (non-hydrogen) atoms. The summed E-state index contributed by atoms with van der Waals surface area (Å²) in [6, 6.07) is 3.90. The van der Waals surface area contributed by atoms with Crippen LogP contribution in [0.15, 0.2) is 28.9 Å². The lowest BCUT2D eigenvalue weighted by atomic mass is 10.0. The Balaban J connectivity index is 2.50. The van der Waals surface area contributed by atoms with Gasteiger partial charge in [-0.05, 0) is 23.8 Å². The zero-order valence-corrected chi connectivity index (χ0v) is 11.6. The van der Waals surface area contributed by atoms with E-state index in [1.807, 2.05) is 0 Å². The molecule has 1 heterocycles. The highest BCUT2D eigenvalue weighted by molar-refractivity contribution is 9.10. The maximum atomic E-state index is 13.3. The monoisotopic (exact) mass is 313 g/mol. The van der Waals surface area contributed by atoms with Crippen molar-refractivity contribution in [1.29, 1.82) is 0 Å². The molecule has 1 aromatic carbocycles. The molecular weight excluding hydrogens is 301 g/mol. The van der Waals surface area contributed by atoms with Gasteiger partial charge in [-0.2, -0.15) is 5.10 Å². The quantitative estimate of drug-likeness (QED) is 0.946. The molecule has 2 aromatic rings. The van der Waals surface area contributed by atoms with Crippen molar-refractivity contribution in [3.63, 3.8) is 0 Å². The van der Waals surface area contributed by atoms with E-state index in [-0.39, 0.29) is 5.82 Å². The average Bonchev–Trinajstić information content (AvgIpc) is 2.72. The zero-order valence-electron chi connectivity index (χ0n) is 10.0. The second-order valence-corrected chi connectivity index (χ2v) is 4.72. The Morgan fingerprint density at radius 3 is 2.89 bits per heavy atom. The Morgan fingerprint density at radius 1 is 1.50 bits per heavy atom. The van der Waals surface area contributed by atoms with Crippen LogP contribution in [0.4, 0.5) is 4.39 Å². The third-order valence-electron chi connectivity index (χ3n) is 2.76. The van der Waals surface area contributed by atoms with Gasteiger partial charge < -0.3 is 10.5 Å². The van der Waals surface area contributed by atoms with Crippen LogP contribution < -0.4 is 10.5 Å². The first-order valence-corrected chi connectivity index (χ1v) is 6.10. The largest absolute Gasteiger partial charge is 0.493 e. The molecule has 2 rings (SSSR count). The number of nitrogens with two attached hydrogens (primary N) is 1. The van der Waals surface area contributed by atoms with Crippen LogP contribution >= 0.6 is 15.9 Å². The van der Waals surface area contributed by atoms with Gasteiger partial charge in [0.05, 0.1) is 19.3 Å². The van der Waals surface area contributed by atoms with Crippen LogP contribution in [-0.2, 0) is 7.05 Å². The molecule has 0 spiro atoms. The van der Waals surface area contributed by atoms with Crippen molar-refractivity contribution in [3.8, 4) is 5.75 Å². The Morgan fingerprint density at radius 2 is 2.22 bits per heavy atom. The third kappa shape index (κ3) is 2.26. The van der Waals surface area contributed by atoms with Gasteiger partial charge in [-0.1, -0.05) is 15.9 Å². The smallest absolute Gasteiger partial charge is 0.161 e. The molecular formula is C12H13BrFN3O. The summed E-state index contributed by atoms with van der Waals surface area (Å²) in [5, 5.41) is 4.09. The highest BCUT2D eigenvalue weighted by atomic mass is 79.9. The molecule has 0 saturated carbocycles. The summed E-state index contributed by atoms with van der Waals surface area (Å²) >= 11 is 3.37. The Kier molecular flexibility index (Phi) is 3.68. The van der Waals surface area contributed by atoms with Crippen molar-refractivity contribution in [3.05, 3.63) is 45.9 Å². The molecule has 6 heteroatoms. The lowest BCUT2D eigenvalue weighted by molar-refractivity contribution is 0.405. The summed E-state index contributed by atoms with van der Waals surface area (Å²) in [6.07, 6.45) is 1.59. The number of aryl methyl sites for hydroxylation is 1. The molecule has 1 aromatic heterocycles. The number of aromatic nitrogens is 2. The van der Waals surface area contributed by atoms with Crippen LogP contribution in [0.25, 0.3) is 0 Å². The fraction of sp³-hybridized carbons (Fsp3) is 0.250. The lowest BCUT2D eigenvalue weighted by Crippen LogP contribution is -2.17. The van der Waals surface area contributed by atoms with Crippen molar-refractivity contribution in [2.45, 2.75) is 6.04 Å². The zero-order chi connectivity index (χ0) is 13.3. The van der Waals surface area contributed by atoms with Crippen LogP contribution in [-0.4, -0.2) is 16.9 Å². The summed E-state index contributed by atoms with van der Waals surface area (Å²) in [5.74, 6) is 0.256. The fourth-order valence-electron chi connectivity index (χ4n) is 1.84. The van der Waals surface area contributed by atoms with Gasteiger partial charge in [-0.15, -0.1) is 0 Å². The molecule has 1 atom stereocenters. The van der Waals surface area contributed by atoms with Gasteiger partial charge in [0.25, 0.3) is 0 Å². The minimum absolute atomic E-state index is 0.329. The van der Waals surface area contributed by atoms with E-state index in [0.29, 0.717) is 17.0 Å². The average molecular weight is 314 g/mol. The standard InChI is InChI=1S/C12H13BrFN3O/c1-17-12(10(18-2)6-16-17)11(15)8-5-7(14)3-4-9(8)13/h3-6,11H,15H2,1-2H3. The fourth-order valence-corrected chi connectivity index (χ4v) is 2.33. The Hall–Kier alpha value is -1.40. The minimum atomic E-state index is -0.516. The van der Waals surface area contributed by atoms with E-state index in [4.69, 9.17) is 10.5 Å². The predicted molar refractivity (Wildman–Crippen MR) is 69.9 cm³/mol. The molecule has 0 bridgehead atoms. The van der Waals surface area contributed by atoms with Crippen molar-refractivity contribution in [2.24, 2.45) is 12.8 Å². The number of methoxy groups -OCH3 is 1. The Bertz CT molecular complexity index is 570. The van der Waals surface area contributed by atoms with E-state index in [2.05, 4.69) is 21.0 Å². The normalized spacial score (nSPS) is 12.5. The second-order valence-electron chi connectivity index (χ2n) is 3.87. The molecule has 1 unspecified atom stereocenters. The van der Waals surface area contributed by atoms with E-state index in [0.717, 1.165) is 4.47 Å². The molecule has 0 aliphatic rings. The van der Waals surface area contributed by atoms with E-state index < -0.39 is 6.04 Å². The lowest BCUT2D eigenvalue weighted by Gasteiger charge is -2.16. The molecule has 0 aliphatic heterocycles. The number of halogens is 2. The highest BCUT2D eigenvalue weighted by Crippen LogP contribution is 2.31. The SMILES string of the molecule is COc1cnn(C)c1C(N)c1cc(F)ccc1Br. The molecule has 0 saturated heterocycles. The summed E-state index contributed by atoms with van der Waals surface area (Å²) in [5.41, 5.74) is 7.52. The first-order chi connectivity index (χ1) is 8.54. The summed E-state index contributed by atoms with van der Waals surface area (Å²) in [7, 11) is 3.32. The van der Waals surface area contributed by atoms with E-state index >= 15 is 0 Å². The van der Waals surface area contributed by atoms with Gasteiger partial charge in [0.1, 0.15) is 11.5 Å². The summed E-state index contributed by atoms with van der Waals surface area (Å²) in [6.45, 7) is 0. The van der Waals surface area contributed by atoms with Gasteiger partial charge >= 0.3 is 0 Å².